The first-order valence-electron chi connectivity index (χ1n) is 16.1. The number of nitrogens with one attached hydrogen (secondary N) is 2. The average Bonchev–Trinajstić information content (AvgIpc) is 3.42. The van der Waals surface area contributed by atoms with Crippen LogP contribution in [0.25, 0.3) is 0 Å². The number of anilines is 3. The molecular formula is C36H42N6O4. The van der Waals surface area contributed by atoms with Gasteiger partial charge in [-0.05, 0) is 79.1 Å². The van der Waals surface area contributed by atoms with Crippen molar-refractivity contribution in [1.82, 2.24) is 19.4 Å². The highest BCUT2D eigenvalue weighted by Crippen LogP contribution is 2.39. The summed E-state index contributed by atoms with van der Waals surface area (Å²) in [6.45, 7) is 7.94. The summed E-state index contributed by atoms with van der Waals surface area (Å²) >= 11 is 0. The molecule has 0 radical (unpaired) electrons. The molecule has 4 heterocycles. The van der Waals surface area contributed by atoms with E-state index < -0.39 is 6.04 Å². The van der Waals surface area contributed by atoms with Gasteiger partial charge in [-0.15, -0.1) is 0 Å². The SMILES string of the molecule is CC(=O)OCc1ccccc1N1C(=O)c2cc3c(n2CC1c1cc(Nc2ccc(CNCC(C)C)cn2)c(=O)n(C)c1)CCCC3. The summed E-state index contributed by atoms with van der Waals surface area (Å²) in [6, 6.07) is 14.9. The minimum atomic E-state index is -0.424. The highest BCUT2D eigenvalue weighted by Gasteiger charge is 2.38. The van der Waals surface area contributed by atoms with Crippen LogP contribution in [0.1, 0.15) is 78.1 Å². The third-order valence-electron chi connectivity index (χ3n) is 8.75. The largest absolute Gasteiger partial charge is 0.461 e. The van der Waals surface area contributed by atoms with Gasteiger partial charge in [0.1, 0.15) is 23.8 Å². The lowest BCUT2D eigenvalue weighted by Gasteiger charge is -2.39. The number of rotatable bonds is 10. The summed E-state index contributed by atoms with van der Waals surface area (Å²) in [6.07, 6.45) is 7.73. The van der Waals surface area contributed by atoms with Crippen LogP contribution in [0.3, 0.4) is 0 Å². The topological polar surface area (TPSA) is 110 Å². The predicted octanol–water partition coefficient (Wildman–Crippen LogP) is 5.41. The predicted molar refractivity (Wildman–Crippen MR) is 178 cm³/mol. The molecule has 0 bridgehead atoms. The first-order valence-corrected chi connectivity index (χ1v) is 16.1. The number of carbonyl (C=O) groups is 2. The van der Waals surface area contributed by atoms with Crippen LogP contribution in [0.2, 0.25) is 0 Å². The number of pyridine rings is 2. The quantitative estimate of drug-likeness (QED) is 0.228. The van der Waals surface area contributed by atoms with E-state index >= 15 is 0 Å². The van der Waals surface area contributed by atoms with Crippen LogP contribution in [-0.2, 0) is 49.1 Å². The third kappa shape index (κ3) is 6.48. The van der Waals surface area contributed by atoms with E-state index in [1.165, 1.54) is 18.2 Å². The fourth-order valence-corrected chi connectivity index (χ4v) is 6.51. The monoisotopic (exact) mass is 622 g/mol. The standard InChI is InChI=1S/C36H42N6O4/c1-23(2)17-37-18-25-13-14-34(38-19-25)39-29-15-28(20-40(4)35(29)44)33-21-41-30-11-7-5-9-26(30)16-32(41)36(45)42(33)31-12-8-6-10-27(31)22-46-24(3)43/h6,8,10,12-16,19-20,23,33,37H,5,7,9,11,17-18,21-22H2,1-4H3,(H,38,39). The zero-order valence-corrected chi connectivity index (χ0v) is 27.0. The van der Waals surface area contributed by atoms with Crippen molar-refractivity contribution in [2.45, 2.75) is 72.2 Å². The lowest BCUT2D eigenvalue weighted by molar-refractivity contribution is -0.142. The molecule has 2 N–H and O–H groups in total. The first kappa shape index (κ1) is 31.3. The zero-order chi connectivity index (χ0) is 32.4. The number of esters is 1. The Morgan fingerprint density at radius 1 is 1.09 bits per heavy atom. The van der Waals surface area contributed by atoms with Crippen molar-refractivity contribution in [1.29, 1.82) is 0 Å². The van der Waals surface area contributed by atoms with Gasteiger partial charge in [0.25, 0.3) is 11.5 Å². The van der Waals surface area contributed by atoms with E-state index in [-0.39, 0.29) is 24.0 Å². The molecule has 0 fully saturated rings. The summed E-state index contributed by atoms with van der Waals surface area (Å²) in [5.74, 6) is 0.615. The minimum absolute atomic E-state index is 0.0499. The Kier molecular flexibility index (Phi) is 9.08. The van der Waals surface area contributed by atoms with Gasteiger partial charge in [-0.2, -0.15) is 0 Å². The Bertz CT molecular complexity index is 1810. The zero-order valence-electron chi connectivity index (χ0n) is 27.0. The molecule has 1 aliphatic carbocycles. The van der Waals surface area contributed by atoms with Crippen molar-refractivity contribution >= 4 is 29.1 Å². The molecule has 4 aromatic rings. The van der Waals surface area contributed by atoms with Gasteiger partial charge in [0.2, 0.25) is 0 Å². The number of aryl methyl sites for hydroxylation is 2. The number of aromatic nitrogens is 3. The van der Waals surface area contributed by atoms with Crippen molar-refractivity contribution in [3.8, 4) is 0 Å². The lowest BCUT2D eigenvalue weighted by atomic mass is 9.98. The second-order valence-electron chi connectivity index (χ2n) is 12.7. The molecule has 10 heteroatoms. The second kappa shape index (κ2) is 13.3. The molecule has 1 unspecified atom stereocenters. The van der Waals surface area contributed by atoms with Gasteiger partial charge in [-0.3, -0.25) is 19.3 Å². The van der Waals surface area contributed by atoms with Crippen LogP contribution in [0.5, 0.6) is 0 Å². The second-order valence-corrected chi connectivity index (χ2v) is 12.7. The van der Waals surface area contributed by atoms with Gasteiger partial charge < -0.3 is 24.5 Å². The molecule has 0 spiro atoms. The van der Waals surface area contributed by atoms with E-state index in [2.05, 4.69) is 40.1 Å². The van der Waals surface area contributed by atoms with Crippen molar-refractivity contribution in [3.63, 3.8) is 0 Å². The highest BCUT2D eigenvalue weighted by atomic mass is 16.5. The van der Waals surface area contributed by atoms with Gasteiger partial charge in [0, 0.05) is 50.7 Å². The fourth-order valence-electron chi connectivity index (χ4n) is 6.51. The maximum Gasteiger partial charge on any atom is 0.302 e. The van der Waals surface area contributed by atoms with E-state index in [9.17, 15) is 14.4 Å². The molecule has 1 aliphatic heterocycles. The molecule has 6 rings (SSSR count). The minimum Gasteiger partial charge on any atom is -0.461 e. The normalized spacial score (nSPS) is 15.9. The molecule has 3 aromatic heterocycles. The lowest BCUT2D eigenvalue weighted by Crippen LogP contribution is -2.44. The van der Waals surface area contributed by atoms with Gasteiger partial charge in [0.05, 0.1) is 11.7 Å². The summed E-state index contributed by atoms with van der Waals surface area (Å²) in [5.41, 5.74) is 6.58. The van der Waals surface area contributed by atoms with E-state index in [4.69, 9.17) is 4.74 Å². The Hall–Kier alpha value is -4.70. The Morgan fingerprint density at radius 3 is 2.65 bits per heavy atom. The van der Waals surface area contributed by atoms with Crippen LogP contribution < -0.4 is 21.1 Å². The number of benzene rings is 1. The van der Waals surface area contributed by atoms with E-state index in [0.717, 1.165) is 55.5 Å². The molecule has 2 aliphatic rings. The molecule has 1 atom stereocenters. The molecule has 10 nitrogen and oxygen atoms in total. The Balaban J connectivity index is 1.38. The van der Waals surface area contributed by atoms with Crippen molar-refractivity contribution < 1.29 is 14.3 Å². The molecule has 0 saturated heterocycles. The molecule has 240 valence electrons. The smallest absolute Gasteiger partial charge is 0.302 e. The first-order chi connectivity index (χ1) is 22.2. The van der Waals surface area contributed by atoms with Gasteiger partial charge >= 0.3 is 5.97 Å². The maximum atomic E-state index is 14.5. The van der Waals surface area contributed by atoms with Crippen molar-refractivity contribution in [3.05, 3.63) is 105 Å². The number of hydrogen-bond acceptors (Lipinski definition) is 7. The fraction of sp³-hybridized carbons (Fsp3) is 0.389. The molecule has 1 amide bonds. The molecule has 0 saturated carbocycles. The van der Waals surface area contributed by atoms with Crippen LogP contribution in [0, 0.1) is 5.92 Å². The molecule has 1 aromatic carbocycles. The number of fused-ring (bicyclic) bond motifs is 3. The van der Waals surface area contributed by atoms with E-state index in [0.29, 0.717) is 35.3 Å². The van der Waals surface area contributed by atoms with Crippen LogP contribution in [0.4, 0.5) is 17.2 Å². The van der Waals surface area contributed by atoms with Crippen molar-refractivity contribution in [2.75, 3.05) is 16.8 Å². The Labute approximate surface area is 269 Å². The summed E-state index contributed by atoms with van der Waals surface area (Å²) in [4.78, 5) is 46.0. The number of para-hydroxylation sites is 1. The number of amides is 1. The summed E-state index contributed by atoms with van der Waals surface area (Å²) in [5, 5.41) is 6.66. The summed E-state index contributed by atoms with van der Waals surface area (Å²) in [7, 11) is 1.72. The van der Waals surface area contributed by atoms with Gasteiger partial charge in [0.15, 0.2) is 0 Å². The maximum absolute atomic E-state index is 14.5. The molecule has 46 heavy (non-hydrogen) atoms. The number of hydrogen-bond donors (Lipinski definition) is 2. The highest BCUT2D eigenvalue weighted by molar-refractivity contribution is 6.07. The van der Waals surface area contributed by atoms with Crippen LogP contribution >= 0.6 is 0 Å². The van der Waals surface area contributed by atoms with Crippen LogP contribution in [0.15, 0.2) is 65.7 Å². The number of ether oxygens (including phenoxy) is 1. The van der Waals surface area contributed by atoms with Gasteiger partial charge in [-0.25, -0.2) is 4.98 Å². The number of nitrogens with zero attached hydrogens (tertiary/aromatic N) is 4. The third-order valence-corrected chi connectivity index (χ3v) is 8.75. The summed E-state index contributed by atoms with van der Waals surface area (Å²) < 4.78 is 9.11. The molecular weight excluding hydrogens is 580 g/mol. The van der Waals surface area contributed by atoms with Gasteiger partial charge in [-0.1, -0.05) is 38.1 Å². The number of carbonyl (C=O) groups excluding carboxylic acids is 2. The Morgan fingerprint density at radius 2 is 1.89 bits per heavy atom. The average molecular weight is 623 g/mol. The van der Waals surface area contributed by atoms with Crippen LogP contribution in [-0.4, -0.2) is 32.5 Å². The van der Waals surface area contributed by atoms with E-state index in [1.54, 1.807) is 16.5 Å². The van der Waals surface area contributed by atoms with Crippen molar-refractivity contribution in [2.24, 2.45) is 13.0 Å². The van der Waals surface area contributed by atoms with E-state index in [1.807, 2.05) is 54.9 Å².